The molecule has 0 fully saturated rings. The van der Waals surface area contributed by atoms with Crippen molar-refractivity contribution in [2.24, 2.45) is 0 Å². The molecule has 1 aliphatic rings. The van der Waals surface area contributed by atoms with Gasteiger partial charge in [0.1, 0.15) is 18.1 Å². The van der Waals surface area contributed by atoms with Crippen LogP contribution in [0, 0.1) is 5.82 Å². The zero-order valence-electron chi connectivity index (χ0n) is 16.1. The van der Waals surface area contributed by atoms with Crippen molar-refractivity contribution in [1.82, 2.24) is 14.9 Å². The summed E-state index contributed by atoms with van der Waals surface area (Å²) in [4.78, 5) is 27.3. The Hall–Kier alpha value is -3.61. The van der Waals surface area contributed by atoms with Crippen molar-refractivity contribution in [2.45, 2.75) is 31.8 Å². The van der Waals surface area contributed by atoms with Gasteiger partial charge in [0.25, 0.3) is 5.91 Å². The third-order valence-corrected chi connectivity index (χ3v) is 5.83. The number of rotatable bonds is 4. The van der Waals surface area contributed by atoms with Crippen LogP contribution < -0.4 is 5.32 Å². The Morgan fingerprint density at radius 2 is 2.03 bits per heavy atom. The van der Waals surface area contributed by atoms with Crippen molar-refractivity contribution in [3.05, 3.63) is 71.3 Å². The van der Waals surface area contributed by atoms with Gasteiger partial charge in [0.15, 0.2) is 0 Å². The Labute approximate surface area is 171 Å². The average Bonchev–Trinajstić information content (AvgIpc) is 3.28. The van der Waals surface area contributed by atoms with Crippen LogP contribution in [0.3, 0.4) is 0 Å². The Bertz CT molecular complexity index is 1270. The molecule has 0 saturated carbocycles. The molecule has 0 spiro atoms. The zero-order chi connectivity index (χ0) is 20.8. The first-order chi connectivity index (χ1) is 14.5. The normalized spacial score (nSPS) is 16.0. The van der Waals surface area contributed by atoms with Crippen LogP contribution in [0.25, 0.3) is 21.8 Å². The van der Waals surface area contributed by atoms with Gasteiger partial charge >= 0.3 is 5.97 Å². The fraction of sp³-hybridized carbons (Fsp3) is 0.217. The summed E-state index contributed by atoms with van der Waals surface area (Å²) in [5.41, 5.74) is 3.95. The number of nitrogens with one attached hydrogen (secondary N) is 2. The second kappa shape index (κ2) is 7.02. The van der Waals surface area contributed by atoms with Crippen LogP contribution in [0.5, 0.6) is 0 Å². The summed E-state index contributed by atoms with van der Waals surface area (Å²) in [5.74, 6) is -1.48. The van der Waals surface area contributed by atoms with E-state index in [1.165, 1.54) is 12.1 Å². The lowest BCUT2D eigenvalue weighted by Crippen LogP contribution is -2.39. The summed E-state index contributed by atoms with van der Waals surface area (Å²) >= 11 is 0. The molecule has 0 aliphatic heterocycles. The molecule has 0 saturated heterocycles. The number of halogens is 1. The molecule has 2 heterocycles. The number of hydrogen-bond acceptors (Lipinski definition) is 2. The number of carbonyl (C=O) groups is 2. The third-order valence-electron chi connectivity index (χ3n) is 5.83. The Morgan fingerprint density at radius 3 is 2.83 bits per heavy atom. The van der Waals surface area contributed by atoms with Gasteiger partial charge in [0.05, 0.1) is 0 Å². The van der Waals surface area contributed by atoms with Gasteiger partial charge in [-0.15, -0.1) is 0 Å². The van der Waals surface area contributed by atoms with Crippen LogP contribution >= 0.6 is 0 Å². The highest BCUT2D eigenvalue weighted by Gasteiger charge is 2.27. The fourth-order valence-electron chi connectivity index (χ4n) is 4.52. The van der Waals surface area contributed by atoms with Gasteiger partial charge in [0, 0.05) is 33.5 Å². The third kappa shape index (κ3) is 3.12. The lowest BCUT2D eigenvalue weighted by molar-refractivity contribution is -0.137. The van der Waals surface area contributed by atoms with Crippen molar-refractivity contribution < 1.29 is 19.1 Å². The zero-order valence-corrected chi connectivity index (χ0v) is 16.1. The van der Waals surface area contributed by atoms with Crippen LogP contribution in [-0.4, -0.2) is 32.6 Å². The van der Waals surface area contributed by atoms with Crippen LogP contribution in [0.4, 0.5) is 4.39 Å². The minimum absolute atomic E-state index is 0.108. The van der Waals surface area contributed by atoms with E-state index in [1.807, 2.05) is 30.3 Å². The van der Waals surface area contributed by atoms with E-state index in [4.69, 9.17) is 0 Å². The number of para-hydroxylation sites is 1. The van der Waals surface area contributed by atoms with E-state index in [1.54, 1.807) is 10.6 Å². The number of nitrogens with zero attached hydrogens (tertiary/aromatic N) is 1. The number of H-pyrrole nitrogens is 1. The van der Waals surface area contributed by atoms with Crippen molar-refractivity contribution in [1.29, 1.82) is 0 Å². The monoisotopic (exact) mass is 405 g/mol. The Morgan fingerprint density at radius 1 is 1.20 bits per heavy atom. The molecule has 152 valence electrons. The lowest BCUT2D eigenvalue weighted by Gasteiger charge is -2.24. The Kier molecular flexibility index (Phi) is 4.31. The predicted molar refractivity (Wildman–Crippen MR) is 111 cm³/mol. The number of aliphatic carboxylic acids is 1. The van der Waals surface area contributed by atoms with E-state index >= 15 is 0 Å². The number of hydrogen-bond donors (Lipinski definition) is 3. The maximum atomic E-state index is 13.9. The maximum Gasteiger partial charge on any atom is 0.323 e. The number of carboxylic acids is 1. The van der Waals surface area contributed by atoms with Crippen molar-refractivity contribution in [3.63, 3.8) is 0 Å². The largest absolute Gasteiger partial charge is 0.480 e. The number of amides is 1. The molecule has 2 aromatic heterocycles. The van der Waals surface area contributed by atoms with Crippen molar-refractivity contribution in [2.75, 3.05) is 0 Å². The molecule has 3 N–H and O–H groups in total. The summed E-state index contributed by atoms with van der Waals surface area (Å²) < 4.78 is 15.7. The van der Waals surface area contributed by atoms with Crippen LogP contribution in [0.15, 0.2) is 48.5 Å². The molecule has 6 nitrogen and oxygen atoms in total. The first-order valence-corrected chi connectivity index (χ1v) is 9.89. The second-order valence-electron chi connectivity index (χ2n) is 7.75. The van der Waals surface area contributed by atoms with E-state index < -0.39 is 5.97 Å². The highest BCUT2D eigenvalue weighted by Crippen LogP contribution is 2.33. The number of fused-ring (bicyclic) bond motifs is 4. The van der Waals surface area contributed by atoms with E-state index in [9.17, 15) is 19.1 Å². The number of benzene rings is 2. The molecule has 0 radical (unpaired) electrons. The second-order valence-corrected chi connectivity index (χ2v) is 7.75. The minimum atomic E-state index is -0.937. The van der Waals surface area contributed by atoms with Gasteiger partial charge in [-0.3, -0.25) is 9.59 Å². The predicted octanol–water partition coefficient (Wildman–Crippen LogP) is 3.63. The topological polar surface area (TPSA) is 87.1 Å². The highest BCUT2D eigenvalue weighted by molar-refractivity contribution is 5.98. The van der Waals surface area contributed by atoms with Gasteiger partial charge < -0.3 is 20.0 Å². The van der Waals surface area contributed by atoms with Crippen molar-refractivity contribution >= 4 is 33.7 Å². The number of aromatic nitrogens is 2. The van der Waals surface area contributed by atoms with Crippen molar-refractivity contribution in [3.8, 4) is 0 Å². The number of aromatic amines is 1. The molecule has 7 heteroatoms. The van der Waals surface area contributed by atoms with Crippen LogP contribution in [-0.2, 0) is 24.2 Å². The van der Waals surface area contributed by atoms with Gasteiger partial charge in [-0.25, -0.2) is 4.39 Å². The molecule has 5 rings (SSSR count). The minimum Gasteiger partial charge on any atom is -0.480 e. The molecule has 30 heavy (non-hydrogen) atoms. The first-order valence-electron chi connectivity index (χ1n) is 9.89. The molecule has 2 aromatic carbocycles. The summed E-state index contributed by atoms with van der Waals surface area (Å²) in [7, 11) is 0. The molecule has 1 aliphatic carbocycles. The molecule has 1 amide bonds. The van der Waals surface area contributed by atoms with Crippen LogP contribution in [0.1, 0.15) is 28.2 Å². The molecule has 1 atom stereocenters. The molecular formula is C23H20FN3O3. The average molecular weight is 405 g/mol. The quantitative estimate of drug-likeness (QED) is 0.485. The summed E-state index contributed by atoms with van der Waals surface area (Å²) in [6, 6.07) is 13.9. The van der Waals surface area contributed by atoms with E-state index in [0.717, 1.165) is 27.5 Å². The smallest absolute Gasteiger partial charge is 0.323 e. The molecule has 0 unspecified atom stereocenters. The molecule has 4 aromatic rings. The summed E-state index contributed by atoms with van der Waals surface area (Å²) in [5, 5.41) is 14.1. The molecular weight excluding hydrogens is 385 g/mol. The standard InChI is InChI=1S/C23H20FN3O3/c24-14-5-7-20-16(10-14)17-11-15(6-8-21(17)27(20)12-22(28)29)25-23(30)19-9-13-3-1-2-4-18(13)26-19/h1-5,7,9-10,15,26H,6,8,11-12H2,(H,25,30)(H,28,29)/t15-/m0/s1. The summed E-state index contributed by atoms with van der Waals surface area (Å²) in [6.07, 6.45) is 1.85. The summed E-state index contributed by atoms with van der Waals surface area (Å²) in [6.45, 7) is -0.163. The number of carboxylic acid groups (broad SMARTS) is 1. The maximum absolute atomic E-state index is 13.9. The van der Waals surface area contributed by atoms with Gasteiger partial charge in [-0.2, -0.15) is 0 Å². The highest BCUT2D eigenvalue weighted by atomic mass is 19.1. The SMILES string of the molecule is O=C(O)Cn1c2c(c3cc(F)ccc31)C[C@@H](NC(=O)c1cc3ccccc3[nH]1)CC2. The van der Waals surface area contributed by atoms with E-state index in [2.05, 4.69) is 10.3 Å². The lowest BCUT2D eigenvalue weighted by atomic mass is 9.91. The van der Waals surface area contributed by atoms with Gasteiger partial charge in [0.2, 0.25) is 0 Å². The number of carbonyl (C=O) groups excluding carboxylic acids is 1. The Balaban J connectivity index is 1.44. The first kappa shape index (κ1) is 18.4. The van der Waals surface area contributed by atoms with Crippen LogP contribution in [0.2, 0.25) is 0 Å². The van der Waals surface area contributed by atoms with E-state index in [0.29, 0.717) is 30.5 Å². The van der Waals surface area contributed by atoms with E-state index in [-0.39, 0.29) is 24.3 Å². The van der Waals surface area contributed by atoms with Gasteiger partial charge in [-0.05, 0) is 55.2 Å². The fourth-order valence-corrected chi connectivity index (χ4v) is 4.52. The molecule has 0 bridgehead atoms. The van der Waals surface area contributed by atoms with Gasteiger partial charge in [-0.1, -0.05) is 18.2 Å².